The van der Waals surface area contributed by atoms with E-state index in [0.29, 0.717) is 5.95 Å². The Kier molecular flexibility index (Phi) is 5.26. The van der Waals surface area contributed by atoms with Crippen LogP contribution in [0, 0.1) is 0 Å². The van der Waals surface area contributed by atoms with Crippen LogP contribution in [0.3, 0.4) is 0 Å². The first-order valence-electron chi connectivity index (χ1n) is 16.3. The van der Waals surface area contributed by atoms with Crippen LogP contribution in [0.1, 0.15) is 0 Å². The largest absolute Gasteiger partial charge is 0.278 e. The minimum Gasteiger partial charge on any atom is -0.278 e. The molecule has 0 N–H and O–H groups in total. The van der Waals surface area contributed by atoms with Gasteiger partial charge in [0.15, 0.2) is 0 Å². The summed E-state index contributed by atoms with van der Waals surface area (Å²) < 4.78 is 4.64. The number of hydrogen-bond donors (Lipinski definition) is 0. The van der Waals surface area contributed by atoms with Gasteiger partial charge in [0.05, 0.1) is 26.9 Å². The fourth-order valence-electron chi connectivity index (χ4n) is 7.76. The maximum atomic E-state index is 5.52. The summed E-state index contributed by atoms with van der Waals surface area (Å²) in [6, 6.07) is 54.7. The van der Waals surface area contributed by atoms with Crippen LogP contribution >= 0.6 is 11.3 Å². The van der Waals surface area contributed by atoms with Crippen molar-refractivity contribution < 1.29 is 0 Å². The predicted molar refractivity (Wildman–Crippen MR) is 205 cm³/mol. The van der Waals surface area contributed by atoms with Gasteiger partial charge in [-0.15, -0.1) is 11.3 Å². The highest BCUT2D eigenvalue weighted by atomic mass is 32.1. The highest BCUT2D eigenvalue weighted by molar-refractivity contribution is 7.27. The lowest BCUT2D eigenvalue weighted by molar-refractivity contribution is 1.02. The summed E-state index contributed by atoms with van der Waals surface area (Å²) in [6.07, 6.45) is 0. The van der Waals surface area contributed by atoms with Crippen molar-refractivity contribution in [1.29, 1.82) is 0 Å². The molecular formula is C44H25N3S. The average molecular weight is 628 g/mol. The Bertz CT molecular complexity index is 3040. The molecule has 0 aliphatic heterocycles. The highest BCUT2D eigenvalue weighted by Crippen LogP contribution is 2.44. The minimum absolute atomic E-state index is 0.684. The molecule has 3 nitrogen and oxygen atoms in total. The molecule has 0 amide bonds. The van der Waals surface area contributed by atoms with E-state index in [1.54, 1.807) is 11.3 Å². The maximum absolute atomic E-state index is 5.52. The van der Waals surface area contributed by atoms with E-state index in [4.69, 9.17) is 9.97 Å². The Hall–Kier alpha value is -6.10. The van der Waals surface area contributed by atoms with Crippen molar-refractivity contribution in [2.45, 2.75) is 0 Å². The van der Waals surface area contributed by atoms with Gasteiger partial charge >= 0.3 is 0 Å². The van der Waals surface area contributed by atoms with E-state index < -0.39 is 0 Å². The van der Waals surface area contributed by atoms with Crippen molar-refractivity contribution >= 4 is 96.5 Å². The fourth-order valence-corrected chi connectivity index (χ4v) is 9.04. The van der Waals surface area contributed by atoms with Gasteiger partial charge in [-0.2, -0.15) is 0 Å². The van der Waals surface area contributed by atoms with Crippen molar-refractivity contribution in [2.75, 3.05) is 0 Å². The quantitative estimate of drug-likeness (QED) is 0.191. The van der Waals surface area contributed by atoms with Crippen molar-refractivity contribution in [3.8, 4) is 17.2 Å². The Morgan fingerprint density at radius 1 is 0.417 bits per heavy atom. The van der Waals surface area contributed by atoms with Crippen LogP contribution in [0.5, 0.6) is 0 Å². The molecule has 0 saturated heterocycles. The van der Waals surface area contributed by atoms with E-state index in [9.17, 15) is 0 Å². The van der Waals surface area contributed by atoms with Gasteiger partial charge in [-0.05, 0) is 61.3 Å². The van der Waals surface area contributed by atoms with Gasteiger partial charge < -0.3 is 0 Å². The first-order chi connectivity index (χ1) is 23.8. The summed E-state index contributed by atoms with van der Waals surface area (Å²) >= 11 is 1.80. The number of aromatic nitrogens is 3. The monoisotopic (exact) mass is 627 g/mol. The van der Waals surface area contributed by atoms with Gasteiger partial charge in [0.25, 0.3) is 0 Å². The lowest BCUT2D eigenvalue weighted by Gasteiger charge is -2.11. The number of fused-ring (bicyclic) bond motifs is 13. The molecule has 0 fully saturated rings. The molecular weight excluding hydrogens is 603 g/mol. The molecule has 0 bridgehead atoms. The van der Waals surface area contributed by atoms with E-state index in [0.717, 1.165) is 37.9 Å². The Morgan fingerprint density at radius 3 is 1.65 bits per heavy atom. The summed E-state index contributed by atoms with van der Waals surface area (Å²) in [6.45, 7) is 0. The smallest absolute Gasteiger partial charge is 0.235 e. The molecule has 48 heavy (non-hydrogen) atoms. The van der Waals surface area contributed by atoms with Crippen LogP contribution in [-0.4, -0.2) is 14.5 Å². The van der Waals surface area contributed by atoms with Crippen molar-refractivity contribution in [3.05, 3.63) is 152 Å². The van der Waals surface area contributed by atoms with Gasteiger partial charge in [-0.1, -0.05) is 133 Å². The zero-order valence-corrected chi connectivity index (χ0v) is 26.5. The summed E-state index contributed by atoms with van der Waals surface area (Å²) in [5.74, 6) is 0.684. The van der Waals surface area contributed by atoms with E-state index in [-0.39, 0.29) is 0 Å². The fraction of sp³-hybridized carbons (Fsp3) is 0. The molecule has 0 unspecified atom stereocenters. The van der Waals surface area contributed by atoms with Crippen molar-refractivity contribution in [2.24, 2.45) is 0 Å². The Balaban J connectivity index is 1.32. The lowest BCUT2D eigenvalue weighted by atomic mass is 10.00. The molecule has 0 spiro atoms. The molecule has 3 aromatic heterocycles. The van der Waals surface area contributed by atoms with Gasteiger partial charge in [0.1, 0.15) is 0 Å². The third-order valence-corrected chi connectivity index (χ3v) is 11.2. The molecule has 0 radical (unpaired) electrons. The van der Waals surface area contributed by atoms with Crippen LogP contribution in [-0.2, 0) is 0 Å². The number of benzene rings is 8. The Labute approximate surface area is 278 Å². The molecule has 0 aliphatic carbocycles. The van der Waals surface area contributed by atoms with Crippen LogP contribution in [0.25, 0.3) is 102 Å². The summed E-state index contributed by atoms with van der Waals surface area (Å²) in [4.78, 5) is 11.0. The third kappa shape index (κ3) is 3.58. The zero-order valence-electron chi connectivity index (χ0n) is 25.7. The van der Waals surface area contributed by atoms with Gasteiger partial charge in [0, 0.05) is 26.4 Å². The Morgan fingerprint density at radius 2 is 0.958 bits per heavy atom. The third-order valence-electron chi connectivity index (χ3n) is 9.96. The topological polar surface area (TPSA) is 30.7 Å². The highest BCUT2D eigenvalue weighted by Gasteiger charge is 2.22. The van der Waals surface area contributed by atoms with E-state index in [1.807, 2.05) is 0 Å². The maximum Gasteiger partial charge on any atom is 0.235 e. The van der Waals surface area contributed by atoms with E-state index in [2.05, 4.69) is 156 Å². The van der Waals surface area contributed by atoms with Crippen LogP contribution in [0.4, 0.5) is 0 Å². The second-order valence-corrected chi connectivity index (χ2v) is 13.6. The molecule has 3 heterocycles. The van der Waals surface area contributed by atoms with E-state index in [1.165, 1.54) is 58.6 Å². The van der Waals surface area contributed by atoms with E-state index >= 15 is 0 Å². The first kappa shape index (κ1) is 26.0. The van der Waals surface area contributed by atoms with Crippen molar-refractivity contribution in [1.82, 2.24) is 14.5 Å². The van der Waals surface area contributed by atoms with Crippen LogP contribution in [0.15, 0.2) is 152 Å². The summed E-state index contributed by atoms with van der Waals surface area (Å²) in [7, 11) is 0. The second-order valence-electron chi connectivity index (χ2n) is 12.6. The molecule has 11 rings (SSSR count). The zero-order chi connectivity index (χ0) is 31.3. The number of rotatable bonds is 2. The molecule has 4 heteroatoms. The molecule has 0 saturated carbocycles. The number of thiophene rings is 1. The van der Waals surface area contributed by atoms with Gasteiger partial charge in [-0.3, -0.25) is 4.57 Å². The summed E-state index contributed by atoms with van der Waals surface area (Å²) in [5, 5.41) is 13.4. The molecule has 0 atom stereocenters. The first-order valence-corrected chi connectivity index (χ1v) is 17.1. The predicted octanol–water partition coefficient (Wildman–Crippen LogP) is 12.2. The SMILES string of the molecule is c1ccc2cc(-c3nc(-n4c5ccc6ccccc6c5c5c6ccccc6ccc54)nc4c3sc3c5ccccc5ccc43)ccc2c1. The van der Waals surface area contributed by atoms with Crippen LogP contribution < -0.4 is 0 Å². The van der Waals surface area contributed by atoms with Crippen molar-refractivity contribution in [3.63, 3.8) is 0 Å². The van der Waals surface area contributed by atoms with Gasteiger partial charge in [0.2, 0.25) is 5.95 Å². The molecule has 11 aromatic rings. The molecule has 222 valence electrons. The minimum atomic E-state index is 0.684. The molecule has 0 aliphatic rings. The average Bonchev–Trinajstić information content (AvgIpc) is 3.71. The normalized spacial score (nSPS) is 12.2. The standard InChI is InChI=1S/C44H25N3S/c1-2-13-30-25-31(18-17-26(30)9-1)40-43-41(35-22-19-29-12-5-8-16-34(29)42(35)48-43)46-44(45-40)47-36-23-20-27-10-3-6-14-32(27)38(36)39-33-15-7-4-11-28(33)21-24-37(39)47/h1-25H. The molecule has 8 aromatic carbocycles. The van der Waals surface area contributed by atoms with Gasteiger partial charge in [-0.25, -0.2) is 9.97 Å². The number of hydrogen-bond acceptors (Lipinski definition) is 3. The van der Waals surface area contributed by atoms with Crippen LogP contribution in [0.2, 0.25) is 0 Å². The summed E-state index contributed by atoms with van der Waals surface area (Å²) in [5.41, 5.74) is 5.26. The number of nitrogens with zero attached hydrogens (tertiary/aromatic N) is 3. The second kappa shape index (κ2) is 9.71. The lowest BCUT2D eigenvalue weighted by Crippen LogP contribution is -2.02.